The minimum Gasteiger partial charge on any atom is -0.307 e. The van der Waals surface area contributed by atoms with E-state index >= 15 is 0 Å². The Morgan fingerprint density at radius 3 is 2.17 bits per heavy atom. The third kappa shape index (κ3) is 4.03. The summed E-state index contributed by atoms with van der Waals surface area (Å²) in [7, 11) is -3.90. The van der Waals surface area contributed by atoms with Gasteiger partial charge in [-0.05, 0) is 50.2 Å². The first-order valence-corrected chi connectivity index (χ1v) is 8.82. The van der Waals surface area contributed by atoms with Crippen molar-refractivity contribution in [1.82, 2.24) is 4.31 Å². The molecule has 2 aromatic carbocycles. The molecule has 23 heavy (non-hydrogen) atoms. The fraction of sp³-hybridized carbons (Fsp3) is 0.188. The highest BCUT2D eigenvalue weighted by Crippen LogP contribution is 2.19. The van der Waals surface area contributed by atoms with Gasteiger partial charge in [-0.25, -0.2) is 17.5 Å². The Balaban J connectivity index is 2.25. The van der Waals surface area contributed by atoms with Crippen molar-refractivity contribution in [3.63, 3.8) is 0 Å². The average Bonchev–Trinajstić information content (AvgIpc) is 2.50. The number of carbonyl (C=O) groups excluding carboxylic acids is 1. The maximum atomic E-state index is 12.6. The van der Waals surface area contributed by atoms with Crippen molar-refractivity contribution >= 4 is 33.3 Å². The van der Waals surface area contributed by atoms with Crippen molar-refractivity contribution in [2.24, 2.45) is 0 Å². The molecule has 5 nitrogen and oxygen atoms in total. The highest BCUT2D eigenvalue weighted by Gasteiger charge is 2.27. The van der Waals surface area contributed by atoms with Gasteiger partial charge in [0.2, 0.25) is 0 Å². The lowest BCUT2D eigenvalue weighted by Gasteiger charge is -2.21. The number of aryl methyl sites for hydroxylation is 1. The number of nitrogens with zero attached hydrogens (tertiary/aromatic N) is 1. The van der Waals surface area contributed by atoms with Crippen molar-refractivity contribution in [3.05, 3.63) is 59.1 Å². The Hall–Kier alpha value is -2.05. The van der Waals surface area contributed by atoms with Gasteiger partial charge >= 0.3 is 6.03 Å². The Morgan fingerprint density at radius 2 is 1.65 bits per heavy atom. The molecule has 0 aromatic heterocycles. The van der Waals surface area contributed by atoms with Gasteiger partial charge in [0.15, 0.2) is 0 Å². The largest absolute Gasteiger partial charge is 0.335 e. The molecule has 0 aliphatic rings. The van der Waals surface area contributed by atoms with E-state index < -0.39 is 16.1 Å². The van der Waals surface area contributed by atoms with E-state index in [1.54, 1.807) is 43.3 Å². The quantitative estimate of drug-likeness (QED) is 0.907. The molecule has 0 heterocycles. The first-order chi connectivity index (χ1) is 10.8. The predicted octanol–water partition coefficient (Wildman–Crippen LogP) is 3.89. The first-order valence-electron chi connectivity index (χ1n) is 7.00. The lowest BCUT2D eigenvalue weighted by atomic mass is 10.2. The van der Waals surface area contributed by atoms with Gasteiger partial charge in [-0.2, -0.15) is 0 Å². The zero-order chi connectivity index (χ0) is 17.0. The van der Waals surface area contributed by atoms with E-state index in [1.807, 2.05) is 6.92 Å². The number of anilines is 1. The fourth-order valence-corrected chi connectivity index (χ4v) is 3.44. The molecule has 2 rings (SSSR count). The fourth-order valence-electron chi connectivity index (χ4n) is 1.98. The van der Waals surface area contributed by atoms with Crippen LogP contribution in [0.1, 0.15) is 12.5 Å². The maximum absolute atomic E-state index is 12.6. The summed E-state index contributed by atoms with van der Waals surface area (Å²) in [5.41, 5.74) is 1.41. The van der Waals surface area contributed by atoms with E-state index in [2.05, 4.69) is 5.32 Å². The summed E-state index contributed by atoms with van der Waals surface area (Å²) in [5, 5.41) is 3.09. The Kier molecular flexibility index (Phi) is 5.28. The molecule has 122 valence electrons. The van der Waals surface area contributed by atoms with Crippen molar-refractivity contribution in [2.75, 3.05) is 11.9 Å². The standard InChI is InChI=1S/C16H17ClN2O3S/c1-3-19(16(20)18-14-8-6-13(17)7-9-14)23(21,22)15-10-4-12(2)5-11-15/h4-11H,3H2,1-2H3,(H,18,20). The van der Waals surface area contributed by atoms with Gasteiger partial charge in [0.05, 0.1) is 4.90 Å². The van der Waals surface area contributed by atoms with Crippen molar-refractivity contribution in [1.29, 1.82) is 0 Å². The minimum absolute atomic E-state index is 0.0234. The minimum atomic E-state index is -3.90. The molecule has 2 amide bonds. The zero-order valence-corrected chi connectivity index (χ0v) is 14.4. The van der Waals surface area contributed by atoms with Crippen LogP contribution in [-0.4, -0.2) is 25.3 Å². The smallest absolute Gasteiger partial charge is 0.307 e. The molecular weight excluding hydrogens is 336 g/mol. The number of benzene rings is 2. The molecule has 0 unspecified atom stereocenters. The van der Waals surface area contributed by atoms with Gasteiger partial charge in [-0.3, -0.25) is 0 Å². The summed E-state index contributed by atoms with van der Waals surface area (Å²) in [5.74, 6) is 0. The van der Waals surface area contributed by atoms with Gasteiger partial charge in [-0.15, -0.1) is 0 Å². The molecule has 0 saturated carbocycles. The van der Waals surface area contributed by atoms with Gasteiger partial charge < -0.3 is 5.32 Å². The molecule has 0 spiro atoms. The van der Waals surface area contributed by atoms with Gasteiger partial charge in [0.1, 0.15) is 0 Å². The number of hydrogen-bond acceptors (Lipinski definition) is 3. The molecule has 0 saturated heterocycles. The second kappa shape index (κ2) is 7.02. The lowest BCUT2D eigenvalue weighted by molar-refractivity contribution is 0.237. The summed E-state index contributed by atoms with van der Waals surface area (Å²) < 4.78 is 26.0. The molecule has 1 N–H and O–H groups in total. The van der Waals surface area contributed by atoms with E-state index in [9.17, 15) is 13.2 Å². The Morgan fingerprint density at radius 1 is 1.09 bits per heavy atom. The van der Waals surface area contributed by atoms with Crippen molar-refractivity contribution in [3.8, 4) is 0 Å². The molecule has 0 aliphatic heterocycles. The van der Waals surface area contributed by atoms with Crippen LogP contribution < -0.4 is 5.32 Å². The van der Waals surface area contributed by atoms with Crippen LogP contribution in [0.4, 0.5) is 10.5 Å². The highest BCUT2D eigenvalue weighted by molar-refractivity contribution is 7.89. The second-order valence-electron chi connectivity index (χ2n) is 4.92. The number of urea groups is 1. The van der Waals surface area contributed by atoms with Crippen LogP contribution >= 0.6 is 11.6 Å². The molecular formula is C16H17ClN2O3S. The number of hydrogen-bond donors (Lipinski definition) is 1. The Labute approximate surface area is 140 Å². The second-order valence-corrected chi connectivity index (χ2v) is 7.22. The van der Waals surface area contributed by atoms with E-state index in [4.69, 9.17) is 11.6 Å². The third-order valence-corrected chi connectivity index (χ3v) is 5.34. The van der Waals surface area contributed by atoms with Crippen LogP contribution in [0.5, 0.6) is 0 Å². The van der Waals surface area contributed by atoms with E-state index in [1.165, 1.54) is 12.1 Å². The lowest BCUT2D eigenvalue weighted by Crippen LogP contribution is -2.39. The Bertz CT molecular complexity index is 787. The normalized spacial score (nSPS) is 11.1. The summed E-state index contributed by atoms with van der Waals surface area (Å²) in [4.78, 5) is 12.4. The van der Waals surface area contributed by atoms with Crippen molar-refractivity contribution in [2.45, 2.75) is 18.7 Å². The van der Waals surface area contributed by atoms with E-state index in [-0.39, 0.29) is 11.4 Å². The van der Waals surface area contributed by atoms with E-state index in [0.717, 1.165) is 9.87 Å². The van der Waals surface area contributed by atoms with Crippen LogP contribution in [0.15, 0.2) is 53.4 Å². The summed E-state index contributed by atoms with van der Waals surface area (Å²) in [6.07, 6.45) is 0. The summed E-state index contributed by atoms with van der Waals surface area (Å²) in [6, 6.07) is 12.1. The van der Waals surface area contributed by atoms with Crippen LogP contribution in [0.3, 0.4) is 0 Å². The van der Waals surface area contributed by atoms with Crippen LogP contribution in [-0.2, 0) is 10.0 Å². The molecule has 0 fully saturated rings. The molecule has 2 aromatic rings. The summed E-state index contributed by atoms with van der Waals surface area (Å²) in [6.45, 7) is 3.49. The SMILES string of the molecule is CCN(C(=O)Nc1ccc(Cl)cc1)S(=O)(=O)c1ccc(C)cc1. The van der Waals surface area contributed by atoms with Crippen molar-refractivity contribution < 1.29 is 13.2 Å². The molecule has 0 aliphatic carbocycles. The van der Waals surface area contributed by atoms with Crippen LogP contribution in [0.2, 0.25) is 5.02 Å². The highest BCUT2D eigenvalue weighted by atomic mass is 35.5. The predicted molar refractivity (Wildman–Crippen MR) is 91.2 cm³/mol. The first kappa shape index (κ1) is 17.3. The summed E-state index contributed by atoms with van der Waals surface area (Å²) >= 11 is 5.78. The molecule has 0 bridgehead atoms. The number of carbonyl (C=O) groups is 1. The molecule has 7 heteroatoms. The average molecular weight is 353 g/mol. The van der Waals surface area contributed by atoms with Gasteiger partial charge in [0, 0.05) is 17.3 Å². The maximum Gasteiger partial charge on any atom is 0.335 e. The molecule has 0 radical (unpaired) electrons. The van der Waals surface area contributed by atoms with E-state index in [0.29, 0.717) is 10.7 Å². The number of rotatable bonds is 4. The third-order valence-electron chi connectivity index (χ3n) is 3.22. The van der Waals surface area contributed by atoms with Crippen LogP contribution in [0, 0.1) is 6.92 Å². The van der Waals surface area contributed by atoms with Gasteiger partial charge in [0.25, 0.3) is 10.0 Å². The number of halogens is 1. The monoisotopic (exact) mass is 352 g/mol. The number of nitrogens with one attached hydrogen (secondary N) is 1. The zero-order valence-electron chi connectivity index (χ0n) is 12.8. The number of sulfonamides is 1. The van der Waals surface area contributed by atoms with Gasteiger partial charge in [-0.1, -0.05) is 29.3 Å². The van der Waals surface area contributed by atoms with Crippen LogP contribution in [0.25, 0.3) is 0 Å². The molecule has 0 atom stereocenters. The number of amides is 2. The topological polar surface area (TPSA) is 66.5 Å².